The highest BCUT2D eigenvalue weighted by Gasteiger charge is 2.37. The van der Waals surface area contributed by atoms with Gasteiger partial charge in [-0.25, -0.2) is 15.4 Å². The van der Waals surface area contributed by atoms with Gasteiger partial charge >= 0.3 is 6.18 Å². The van der Waals surface area contributed by atoms with E-state index in [4.69, 9.17) is 5.73 Å². The van der Waals surface area contributed by atoms with E-state index in [1.165, 1.54) is 18.3 Å². The lowest BCUT2D eigenvalue weighted by Gasteiger charge is -2.28. The van der Waals surface area contributed by atoms with Crippen molar-refractivity contribution in [1.82, 2.24) is 25.7 Å². The topological polar surface area (TPSA) is 96.2 Å². The maximum atomic E-state index is 12.9. The Balaban J connectivity index is 1.68. The van der Waals surface area contributed by atoms with Crippen molar-refractivity contribution in [3.05, 3.63) is 41.7 Å². The van der Waals surface area contributed by atoms with Gasteiger partial charge in [0.25, 0.3) is 0 Å². The van der Waals surface area contributed by atoms with Crippen LogP contribution in [0, 0.1) is 0 Å². The minimum atomic E-state index is -4.41. The van der Waals surface area contributed by atoms with Gasteiger partial charge in [-0.05, 0) is 37.0 Å². The number of anilines is 1. The summed E-state index contributed by atoms with van der Waals surface area (Å²) in [5.74, 6) is 0.0451. The van der Waals surface area contributed by atoms with Gasteiger partial charge in [0.15, 0.2) is 0 Å². The molecule has 4 N–H and O–H groups in total. The summed E-state index contributed by atoms with van der Waals surface area (Å²) in [6, 6.07) is 4.24. The first kappa shape index (κ1) is 19.6. The maximum Gasteiger partial charge on any atom is 0.416 e. The zero-order chi connectivity index (χ0) is 20.6. The Morgan fingerprint density at radius 1 is 1.21 bits per heavy atom. The van der Waals surface area contributed by atoms with Gasteiger partial charge in [0.1, 0.15) is 6.04 Å². The molecule has 2 aliphatic heterocycles. The molecule has 1 aromatic heterocycles. The van der Waals surface area contributed by atoms with Crippen LogP contribution >= 0.6 is 0 Å². The van der Waals surface area contributed by atoms with E-state index in [1.54, 1.807) is 4.90 Å². The van der Waals surface area contributed by atoms with E-state index in [0.29, 0.717) is 42.8 Å². The average Bonchev–Trinajstić information content (AvgIpc) is 3.39. The van der Waals surface area contributed by atoms with Gasteiger partial charge in [-0.1, -0.05) is 12.1 Å². The molecule has 2 unspecified atom stereocenters. The monoisotopic (exact) mass is 406 g/mol. The number of likely N-dealkylation sites (tertiary alicyclic amines) is 1. The minimum absolute atomic E-state index is 0.0203. The summed E-state index contributed by atoms with van der Waals surface area (Å²) < 4.78 is 38.7. The standard InChI is InChI=1S/C19H21F3N6O/c20-19(21,22)12-5-3-11(4-6-12)13-10-24-18(23)26-16(13)15-2-1-9-28(15)17(29)14-7-8-25-27-14/h3-6,10,14-15,25,27H,1-2,7-9H2,(H2,23,24,26). The summed E-state index contributed by atoms with van der Waals surface area (Å²) in [4.78, 5) is 23.1. The van der Waals surface area contributed by atoms with Crippen molar-refractivity contribution in [2.75, 3.05) is 18.8 Å². The van der Waals surface area contributed by atoms with Gasteiger partial charge in [0.05, 0.1) is 17.3 Å². The summed E-state index contributed by atoms with van der Waals surface area (Å²) in [7, 11) is 0. The molecule has 154 valence electrons. The molecule has 0 saturated carbocycles. The first-order chi connectivity index (χ1) is 13.8. The van der Waals surface area contributed by atoms with Crippen LogP contribution in [0.25, 0.3) is 11.1 Å². The second-order valence-corrected chi connectivity index (χ2v) is 7.20. The van der Waals surface area contributed by atoms with Crippen molar-refractivity contribution < 1.29 is 18.0 Å². The molecular formula is C19H21F3N6O. The molecule has 2 atom stereocenters. The van der Waals surface area contributed by atoms with Crippen LogP contribution in [0.1, 0.15) is 36.6 Å². The number of carbonyl (C=O) groups excluding carboxylic acids is 1. The first-order valence-corrected chi connectivity index (χ1v) is 9.43. The zero-order valence-electron chi connectivity index (χ0n) is 15.5. The van der Waals surface area contributed by atoms with Crippen molar-refractivity contribution in [2.24, 2.45) is 0 Å². The zero-order valence-corrected chi connectivity index (χ0v) is 15.5. The summed E-state index contributed by atoms with van der Waals surface area (Å²) in [6.45, 7) is 1.31. The largest absolute Gasteiger partial charge is 0.416 e. The lowest BCUT2D eigenvalue weighted by molar-refractivity contribution is -0.137. The van der Waals surface area contributed by atoms with E-state index >= 15 is 0 Å². The lowest BCUT2D eigenvalue weighted by atomic mass is 9.98. The highest BCUT2D eigenvalue weighted by atomic mass is 19.4. The fourth-order valence-electron chi connectivity index (χ4n) is 3.91. The number of hydrazine groups is 1. The summed E-state index contributed by atoms with van der Waals surface area (Å²) >= 11 is 0. The quantitative estimate of drug-likeness (QED) is 0.724. The molecule has 0 radical (unpaired) electrons. The molecule has 4 rings (SSSR count). The number of nitrogens with two attached hydrogens (primary N) is 1. The van der Waals surface area contributed by atoms with Gasteiger partial charge in [-0.3, -0.25) is 10.2 Å². The number of hydrogen-bond donors (Lipinski definition) is 3. The molecule has 2 saturated heterocycles. The van der Waals surface area contributed by atoms with E-state index in [1.807, 2.05) is 0 Å². The highest BCUT2D eigenvalue weighted by Crippen LogP contribution is 2.38. The number of hydrogen-bond acceptors (Lipinski definition) is 6. The number of nitrogen functional groups attached to an aromatic ring is 1. The molecular weight excluding hydrogens is 385 g/mol. The third-order valence-corrected chi connectivity index (χ3v) is 5.34. The smallest absolute Gasteiger partial charge is 0.368 e. The first-order valence-electron chi connectivity index (χ1n) is 9.43. The Kier molecular flexibility index (Phi) is 5.13. The van der Waals surface area contributed by atoms with Crippen LogP contribution in [0.4, 0.5) is 19.1 Å². The number of alkyl halides is 3. The number of carbonyl (C=O) groups is 1. The molecule has 2 aliphatic rings. The number of benzene rings is 1. The molecule has 0 bridgehead atoms. The SMILES string of the molecule is Nc1ncc(-c2ccc(C(F)(F)F)cc2)c(C2CCCN2C(=O)C2CCNN2)n1. The highest BCUT2D eigenvalue weighted by molar-refractivity contribution is 5.83. The molecule has 2 fully saturated rings. The number of aromatic nitrogens is 2. The second-order valence-electron chi connectivity index (χ2n) is 7.20. The molecule has 7 nitrogen and oxygen atoms in total. The summed E-state index contributed by atoms with van der Waals surface area (Å²) in [6.07, 6.45) is -0.685. The van der Waals surface area contributed by atoms with Crippen molar-refractivity contribution in [1.29, 1.82) is 0 Å². The minimum Gasteiger partial charge on any atom is -0.368 e. The Labute approximate surface area is 165 Å². The van der Waals surface area contributed by atoms with Gasteiger partial charge in [-0.2, -0.15) is 13.2 Å². The number of halogens is 3. The van der Waals surface area contributed by atoms with Crippen LogP contribution in [0.5, 0.6) is 0 Å². The predicted molar refractivity (Wildman–Crippen MR) is 100 cm³/mol. The maximum absolute atomic E-state index is 12.9. The van der Waals surface area contributed by atoms with Crippen molar-refractivity contribution >= 4 is 11.9 Å². The summed E-state index contributed by atoms with van der Waals surface area (Å²) in [5.41, 5.74) is 12.7. The van der Waals surface area contributed by atoms with Crippen LogP contribution in [-0.4, -0.2) is 39.9 Å². The molecule has 29 heavy (non-hydrogen) atoms. The van der Waals surface area contributed by atoms with Crippen molar-refractivity contribution in [3.8, 4) is 11.1 Å². The second kappa shape index (κ2) is 7.60. The van der Waals surface area contributed by atoms with E-state index in [-0.39, 0.29) is 23.9 Å². The van der Waals surface area contributed by atoms with Crippen LogP contribution in [0.15, 0.2) is 30.5 Å². The predicted octanol–water partition coefficient (Wildman–Crippen LogP) is 2.27. The average molecular weight is 406 g/mol. The van der Waals surface area contributed by atoms with E-state index in [0.717, 1.165) is 18.6 Å². The molecule has 2 aromatic rings. The molecule has 3 heterocycles. The summed E-state index contributed by atoms with van der Waals surface area (Å²) in [5, 5.41) is 0. The molecule has 0 aliphatic carbocycles. The Morgan fingerprint density at radius 3 is 2.62 bits per heavy atom. The third kappa shape index (κ3) is 3.90. The Bertz CT molecular complexity index is 896. The van der Waals surface area contributed by atoms with Gasteiger partial charge < -0.3 is 10.6 Å². The Hall–Kier alpha value is -2.72. The number of rotatable bonds is 3. The van der Waals surface area contributed by atoms with Crippen LogP contribution in [-0.2, 0) is 11.0 Å². The lowest BCUT2D eigenvalue weighted by Crippen LogP contribution is -2.45. The van der Waals surface area contributed by atoms with E-state index in [2.05, 4.69) is 20.8 Å². The normalized spacial score (nSPS) is 22.2. The van der Waals surface area contributed by atoms with Crippen LogP contribution in [0.3, 0.4) is 0 Å². The number of nitrogens with one attached hydrogen (secondary N) is 2. The fraction of sp³-hybridized carbons (Fsp3) is 0.421. The van der Waals surface area contributed by atoms with Crippen LogP contribution in [0.2, 0.25) is 0 Å². The van der Waals surface area contributed by atoms with Gasteiger partial charge in [0.2, 0.25) is 11.9 Å². The van der Waals surface area contributed by atoms with Gasteiger partial charge in [0, 0.05) is 24.8 Å². The molecule has 0 spiro atoms. The molecule has 1 amide bonds. The third-order valence-electron chi connectivity index (χ3n) is 5.34. The fourth-order valence-corrected chi connectivity index (χ4v) is 3.91. The van der Waals surface area contributed by atoms with Gasteiger partial charge in [-0.15, -0.1) is 0 Å². The van der Waals surface area contributed by atoms with E-state index < -0.39 is 11.7 Å². The number of amides is 1. The molecule has 1 aromatic carbocycles. The van der Waals surface area contributed by atoms with Crippen molar-refractivity contribution in [3.63, 3.8) is 0 Å². The van der Waals surface area contributed by atoms with Crippen molar-refractivity contribution in [2.45, 2.75) is 37.5 Å². The van der Waals surface area contributed by atoms with Crippen LogP contribution < -0.4 is 16.6 Å². The Morgan fingerprint density at radius 2 is 1.97 bits per heavy atom. The molecule has 10 heteroatoms. The van der Waals surface area contributed by atoms with E-state index in [9.17, 15) is 18.0 Å². The number of nitrogens with zero attached hydrogens (tertiary/aromatic N) is 3.